The standard InChI is InChI=1S/C28H32N2O4/c1-19(34-3)27(31)17-30(28(32)25-16-24(25)26-6-4-5-15-29-26)23-13-11-22(12-14-23)21-9-7-20(8-10-21)18-33-2/h4-15,19,24-25,27,31H,16-18H2,1-3H3/t19-,24?,25?,27-/m1/s1. The molecule has 0 saturated heterocycles. The Balaban J connectivity index is 1.54. The number of aliphatic hydroxyl groups is 1. The third-order valence-electron chi connectivity index (χ3n) is 6.50. The number of aliphatic hydroxyl groups excluding tert-OH is 1. The predicted octanol–water partition coefficient (Wildman–Crippen LogP) is 4.43. The van der Waals surface area contributed by atoms with E-state index in [0.717, 1.165) is 34.5 Å². The molecule has 1 fully saturated rings. The highest BCUT2D eigenvalue weighted by Gasteiger charge is 2.47. The molecular formula is C28H32N2O4. The van der Waals surface area contributed by atoms with Gasteiger partial charge < -0.3 is 19.5 Å². The van der Waals surface area contributed by atoms with Crippen LogP contribution in [0.3, 0.4) is 0 Å². The van der Waals surface area contributed by atoms with Crippen LogP contribution >= 0.6 is 0 Å². The minimum Gasteiger partial charge on any atom is -0.389 e. The van der Waals surface area contributed by atoms with E-state index in [1.807, 2.05) is 42.5 Å². The Kier molecular flexibility index (Phi) is 7.73. The first-order valence-corrected chi connectivity index (χ1v) is 11.6. The normalized spacial score (nSPS) is 18.8. The van der Waals surface area contributed by atoms with Crippen molar-refractivity contribution in [3.05, 3.63) is 84.2 Å². The Morgan fingerprint density at radius 1 is 1.06 bits per heavy atom. The van der Waals surface area contributed by atoms with E-state index in [1.54, 1.807) is 32.2 Å². The van der Waals surface area contributed by atoms with Gasteiger partial charge in [-0.1, -0.05) is 42.5 Å². The third kappa shape index (κ3) is 5.53. The van der Waals surface area contributed by atoms with Crippen LogP contribution in [0.25, 0.3) is 11.1 Å². The summed E-state index contributed by atoms with van der Waals surface area (Å²) >= 11 is 0. The average Bonchev–Trinajstić information content (AvgIpc) is 3.69. The molecule has 0 spiro atoms. The summed E-state index contributed by atoms with van der Waals surface area (Å²) in [4.78, 5) is 19.6. The van der Waals surface area contributed by atoms with E-state index in [4.69, 9.17) is 9.47 Å². The van der Waals surface area contributed by atoms with Gasteiger partial charge in [0, 0.05) is 43.6 Å². The molecule has 178 valence electrons. The Morgan fingerprint density at radius 2 is 1.74 bits per heavy atom. The maximum atomic E-state index is 13.5. The first kappa shape index (κ1) is 24.1. The van der Waals surface area contributed by atoms with Gasteiger partial charge in [0.2, 0.25) is 5.91 Å². The molecule has 4 rings (SSSR count). The molecule has 3 aromatic rings. The molecule has 1 aliphatic carbocycles. The van der Waals surface area contributed by atoms with Crippen molar-refractivity contribution in [2.75, 3.05) is 25.7 Å². The lowest BCUT2D eigenvalue weighted by Gasteiger charge is -2.28. The van der Waals surface area contributed by atoms with Crippen molar-refractivity contribution in [3.63, 3.8) is 0 Å². The molecule has 0 bridgehead atoms. The average molecular weight is 461 g/mol. The number of methoxy groups -OCH3 is 2. The van der Waals surface area contributed by atoms with Crippen LogP contribution in [0.15, 0.2) is 72.9 Å². The van der Waals surface area contributed by atoms with Crippen LogP contribution in [0.5, 0.6) is 0 Å². The number of anilines is 1. The van der Waals surface area contributed by atoms with Crippen LogP contribution in [0.4, 0.5) is 5.69 Å². The lowest BCUT2D eigenvalue weighted by molar-refractivity contribution is -0.120. The smallest absolute Gasteiger partial charge is 0.230 e. The van der Waals surface area contributed by atoms with Gasteiger partial charge in [-0.3, -0.25) is 9.78 Å². The predicted molar refractivity (Wildman–Crippen MR) is 133 cm³/mol. The van der Waals surface area contributed by atoms with Crippen LogP contribution in [0.2, 0.25) is 0 Å². The Hall–Kier alpha value is -3.06. The molecule has 1 N–H and O–H groups in total. The minimum atomic E-state index is -0.797. The second kappa shape index (κ2) is 10.9. The summed E-state index contributed by atoms with van der Waals surface area (Å²) in [6.45, 7) is 2.56. The molecule has 0 radical (unpaired) electrons. The monoisotopic (exact) mass is 460 g/mol. The van der Waals surface area contributed by atoms with E-state index in [0.29, 0.717) is 6.61 Å². The zero-order valence-electron chi connectivity index (χ0n) is 19.9. The lowest BCUT2D eigenvalue weighted by atomic mass is 10.0. The molecule has 6 nitrogen and oxygen atoms in total. The van der Waals surface area contributed by atoms with E-state index >= 15 is 0 Å². The Morgan fingerprint density at radius 3 is 2.32 bits per heavy atom. The molecule has 2 aromatic carbocycles. The van der Waals surface area contributed by atoms with Gasteiger partial charge in [-0.2, -0.15) is 0 Å². The largest absolute Gasteiger partial charge is 0.389 e. The van der Waals surface area contributed by atoms with Gasteiger partial charge in [-0.15, -0.1) is 0 Å². The highest BCUT2D eigenvalue weighted by atomic mass is 16.5. The summed E-state index contributed by atoms with van der Waals surface area (Å²) in [6, 6.07) is 21.9. The number of aromatic nitrogens is 1. The van der Waals surface area contributed by atoms with Crippen molar-refractivity contribution in [2.45, 2.75) is 38.1 Å². The molecule has 2 unspecified atom stereocenters. The molecule has 4 atom stereocenters. The number of carbonyl (C=O) groups is 1. The number of hydrogen-bond donors (Lipinski definition) is 1. The van der Waals surface area contributed by atoms with Crippen molar-refractivity contribution >= 4 is 11.6 Å². The van der Waals surface area contributed by atoms with Gasteiger partial charge in [0.15, 0.2) is 0 Å². The summed E-state index contributed by atoms with van der Waals surface area (Å²) in [5.74, 6) is 0.000658. The lowest BCUT2D eigenvalue weighted by Crippen LogP contribution is -2.43. The van der Waals surface area contributed by atoms with Crippen molar-refractivity contribution in [2.24, 2.45) is 5.92 Å². The van der Waals surface area contributed by atoms with Crippen molar-refractivity contribution < 1.29 is 19.4 Å². The number of rotatable bonds is 10. The summed E-state index contributed by atoms with van der Waals surface area (Å²) in [6.07, 6.45) is 1.35. The maximum Gasteiger partial charge on any atom is 0.230 e. The second-order valence-corrected chi connectivity index (χ2v) is 8.84. The number of ether oxygens (including phenoxy) is 2. The van der Waals surface area contributed by atoms with Crippen molar-refractivity contribution in [1.29, 1.82) is 0 Å². The summed E-state index contributed by atoms with van der Waals surface area (Å²) in [7, 11) is 3.24. The van der Waals surface area contributed by atoms with Gasteiger partial charge in [0.25, 0.3) is 0 Å². The third-order valence-corrected chi connectivity index (χ3v) is 6.50. The van der Waals surface area contributed by atoms with Gasteiger partial charge in [-0.05, 0) is 54.3 Å². The molecule has 1 amide bonds. The van der Waals surface area contributed by atoms with E-state index < -0.39 is 6.10 Å². The first-order valence-electron chi connectivity index (χ1n) is 11.6. The molecule has 6 heteroatoms. The fourth-order valence-corrected chi connectivity index (χ4v) is 4.20. The molecule has 0 aliphatic heterocycles. The fraction of sp³-hybridized carbons (Fsp3) is 0.357. The van der Waals surface area contributed by atoms with E-state index in [1.165, 1.54) is 0 Å². The van der Waals surface area contributed by atoms with E-state index in [2.05, 4.69) is 29.2 Å². The number of benzene rings is 2. The quantitative estimate of drug-likeness (QED) is 0.485. The molecule has 1 saturated carbocycles. The summed E-state index contributed by atoms with van der Waals surface area (Å²) < 4.78 is 10.5. The number of hydrogen-bond acceptors (Lipinski definition) is 5. The van der Waals surface area contributed by atoms with Gasteiger partial charge in [-0.25, -0.2) is 0 Å². The molecule has 34 heavy (non-hydrogen) atoms. The van der Waals surface area contributed by atoms with Crippen LogP contribution in [-0.2, 0) is 20.9 Å². The van der Waals surface area contributed by atoms with Gasteiger partial charge in [0.1, 0.15) is 0 Å². The second-order valence-electron chi connectivity index (χ2n) is 8.84. The molecule has 1 heterocycles. The van der Waals surface area contributed by atoms with E-state index in [9.17, 15) is 9.90 Å². The zero-order chi connectivity index (χ0) is 24.1. The molecule has 1 aliphatic rings. The van der Waals surface area contributed by atoms with E-state index in [-0.39, 0.29) is 30.4 Å². The number of nitrogens with zero attached hydrogens (tertiary/aromatic N) is 2. The fourth-order valence-electron chi connectivity index (χ4n) is 4.20. The Bertz CT molecular complexity index is 1070. The highest BCUT2D eigenvalue weighted by molar-refractivity contribution is 5.97. The van der Waals surface area contributed by atoms with Crippen molar-refractivity contribution in [3.8, 4) is 11.1 Å². The topological polar surface area (TPSA) is 71.9 Å². The molecule has 1 aromatic heterocycles. The highest BCUT2D eigenvalue weighted by Crippen LogP contribution is 2.48. The molecular weight excluding hydrogens is 428 g/mol. The summed E-state index contributed by atoms with van der Waals surface area (Å²) in [5.41, 5.74) is 4.98. The van der Waals surface area contributed by atoms with Crippen LogP contribution < -0.4 is 4.90 Å². The van der Waals surface area contributed by atoms with Crippen LogP contribution in [-0.4, -0.2) is 49.0 Å². The SMILES string of the molecule is COCc1ccc(-c2ccc(N(C[C@@H](O)[C@@H](C)OC)C(=O)C3CC3c3ccccn3)cc2)cc1. The van der Waals surface area contributed by atoms with Gasteiger partial charge in [0.05, 0.1) is 25.4 Å². The summed E-state index contributed by atoms with van der Waals surface area (Å²) in [5, 5.41) is 10.6. The van der Waals surface area contributed by atoms with Crippen LogP contribution in [0, 0.1) is 5.92 Å². The zero-order valence-corrected chi connectivity index (χ0v) is 19.9. The number of carbonyl (C=O) groups excluding carboxylic acids is 1. The minimum absolute atomic E-state index is 0.00896. The Labute approximate surface area is 201 Å². The maximum absolute atomic E-state index is 13.5. The number of pyridine rings is 1. The van der Waals surface area contributed by atoms with Gasteiger partial charge >= 0.3 is 0 Å². The van der Waals surface area contributed by atoms with Crippen molar-refractivity contribution in [1.82, 2.24) is 4.98 Å². The van der Waals surface area contributed by atoms with Crippen LogP contribution in [0.1, 0.15) is 30.5 Å². The first-order chi connectivity index (χ1) is 16.5. The number of amides is 1.